The molecule has 0 saturated heterocycles. The first kappa shape index (κ1) is 22.7. The number of carbonyl (C=O) groups excluding carboxylic acids is 2. The first-order valence-corrected chi connectivity index (χ1v) is 10.1. The molecule has 0 spiro atoms. The van der Waals surface area contributed by atoms with Crippen molar-refractivity contribution in [2.75, 3.05) is 0 Å². The molecule has 0 radical (unpaired) electrons. The second-order valence-electron chi connectivity index (χ2n) is 8.54. The van der Waals surface area contributed by atoms with Gasteiger partial charge in [0.2, 0.25) is 0 Å². The SMILES string of the molecule is Cc1ccc(COC(=O)CC(C)(CC(C)C)C(=O)OCc2ccc(C)cc2)cc1. The van der Waals surface area contributed by atoms with Crippen LogP contribution in [0.2, 0.25) is 0 Å². The van der Waals surface area contributed by atoms with Gasteiger partial charge in [0.25, 0.3) is 0 Å². The van der Waals surface area contributed by atoms with Gasteiger partial charge in [-0.1, -0.05) is 73.5 Å². The summed E-state index contributed by atoms with van der Waals surface area (Å²) in [6.07, 6.45) is 0.559. The molecule has 0 aromatic heterocycles. The van der Waals surface area contributed by atoms with Gasteiger partial charge in [0.05, 0.1) is 11.8 Å². The van der Waals surface area contributed by atoms with E-state index in [9.17, 15) is 9.59 Å². The zero-order valence-corrected chi connectivity index (χ0v) is 18.2. The molecular weight excluding hydrogens is 364 g/mol. The van der Waals surface area contributed by atoms with Crippen LogP contribution in [0.4, 0.5) is 0 Å². The largest absolute Gasteiger partial charge is 0.461 e. The summed E-state index contributed by atoms with van der Waals surface area (Å²) >= 11 is 0. The van der Waals surface area contributed by atoms with Crippen LogP contribution < -0.4 is 0 Å². The molecule has 29 heavy (non-hydrogen) atoms. The summed E-state index contributed by atoms with van der Waals surface area (Å²) in [6, 6.07) is 15.7. The maximum Gasteiger partial charge on any atom is 0.312 e. The number of esters is 2. The lowest BCUT2D eigenvalue weighted by Crippen LogP contribution is -2.34. The average Bonchev–Trinajstić information content (AvgIpc) is 2.66. The molecule has 0 fully saturated rings. The summed E-state index contributed by atoms with van der Waals surface area (Å²) in [7, 11) is 0. The summed E-state index contributed by atoms with van der Waals surface area (Å²) < 4.78 is 11.0. The molecule has 0 heterocycles. The monoisotopic (exact) mass is 396 g/mol. The topological polar surface area (TPSA) is 52.6 Å². The maximum atomic E-state index is 12.9. The van der Waals surface area contributed by atoms with Crippen LogP contribution in [-0.4, -0.2) is 11.9 Å². The summed E-state index contributed by atoms with van der Waals surface area (Å²) in [4.78, 5) is 25.3. The van der Waals surface area contributed by atoms with Crippen LogP contribution in [0.3, 0.4) is 0 Å². The summed E-state index contributed by atoms with van der Waals surface area (Å²) in [6.45, 7) is 10.3. The highest BCUT2D eigenvalue weighted by Gasteiger charge is 2.38. The Balaban J connectivity index is 1.97. The van der Waals surface area contributed by atoms with Gasteiger partial charge in [0.15, 0.2) is 0 Å². The molecule has 0 saturated carbocycles. The van der Waals surface area contributed by atoms with Crippen molar-refractivity contribution in [2.45, 2.75) is 60.7 Å². The zero-order valence-electron chi connectivity index (χ0n) is 18.2. The Bertz CT molecular complexity index is 806. The number of carbonyl (C=O) groups is 2. The van der Waals surface area contributed by atoms with Crippen molar-refractivity contribution < 1.29 is 19.1 Å². The van der Waals surface area contributed by atoms with Crippen molar-refractivity contribution >= 4 is 11.9 Å². The van der Waals surface area contributed by atoms with Crippen LogP contribution in [0.15, 0.2) is 48.5 Å². The van der Waals surface area contributed by atoms with Gasteiger partial charge in [-0.2, -0.15) is 0 Å². The lowest BCUT2D eigenvalue weighted by atomic mass is 9.79. The Kier molecular flexibility index (Phi) is 8.00. The third-order valence-corrected chi connectivity index (χ3v) is 4.90. The van der Waals surface area contributed by atoms with Gasteiger partial charge >= 0.3 is 11.9 Å². The highest BCUT2D eigenvalue weighted by atomic mass is 16.5. The molecular formula is C25H32O4. The molecule has 0 bridgehead atoms. The lowest BCUT2D eigenvalue weighted by molar-refractivity contribution is -0.164. The molecule has 1 atom stereocenters. The van der Waals surface area contributed by atoms with Crippen LogP contribution in [0.25, 0.3) is 0 Å². The minimum Gasteiger partial charge on any atom is -0.461 e. The highest BCUT2D eigenvalue weighted by Crippen LogP contribution is 2.32. The van der Waals surface area contributed by atoms with Crippen molar-refractivity contribution in [3.63, 3.8) is 0 Å². The molecule has 1 unspecified atom stereocenters. The second kappa shape index (κ2) is 10.2. The van der Waals surface area contributed by atoms with Gasteiger partial charge in [0.1, 0.15) is 13.2 Å². The Morgan fingerprint density at radius 3 is 1.72 bits per heavy atom. The van der Waals surface area contributed by atoms with Gasteiger partial charge in [-0.15, -0.1) is 0 Å². The van der Waals surface area contributed by atoms with E-state index in [4.69, 9.17) is 9.47 Å². The van der Waals surface area contributed by atoms with E-state index in [2.05, 4.69) is 0 Å². The molecule has 0 amide bonds. The summed E-state index contributed by atoms with van der Waals surface area (Å²) in [5.74, 6) is -0.503. The predicted molar refractivity (Wildman–Crippen MR) is 114 cm³/mol. The standard InChI is InChI=1S/C25H32O4/c1-18(2)14-25(5,24(27)29-17-22-12-8-20(4)9-13-22)15-23(26)28-16-21-10-6-19(3)7-11-21/h6-13,18H,14-17H2,1-5H3. The second-order valence-corrected chi connectivity index (χ2v) is 8.54. The van der Waals surface area contributed by atoms with Gasteiger partial charge < -0.3 is 9.47 Å². The minimum atomic E-state index is -0.913. The van der Waals surface area contributed by atoms with Crippen molar-refractivity contribution in [3.05, 3.63) is 70.8 Å². The zero-order chi connectivity index (χ0) is 21.4. The fraction of sp³-hybridized carbons (Fsp3) is 0.440. The molecule has 0 aliphatic carbocycles. The van der Waals surface area contributed by atoms with Crippen LogP contribution in [0.1, 0.15) is 55.9 Å². The maximum absolute atomic E-state index is 12.9. The number of aryl methyl sites for hydroxylation is 2. The van der Waals surface area contributed by atoms with Crippen molar-refractivity contribution in [1.82, 2.24) is 0 Å². The van der Waals surface area contributed by atoms with Crippen LogP contribution in [-0.2, 0) is 32.3 Å². The number of hydrogen-bond acceptors (Lipinski definition) is 4. The van der Waals surface area contributed by atoms with Crippen LogP contribution in [0, 0.1) is 25.2 Å². The van der Waals surface area contributed by atoms with E-state index in [1.807, 2.05) is 76.2 Å². The summed E-state index contributed by atoms with van der Waals surface area (Å²) in [5, 5.41) is 0. The quantitative estimate of drug-likeness (QED) is 0.523. The molecule has 2 rings (SSSR count). The molecule has 0 aliphatic rings. The van der Waals surface area contributed by atoms with E-state index in [0.717, 1.165) is 22.3 Å². The van der Waals surface area contributed by atoms with E-state index in [0.29, 0.717) is 6.42 Å². The van der Waals surface area contributed by atoms with Crippen molar-refractivity contribution in [1.29, 1.82) is 0 Å². The lowest BCUT2D eigenvalue weighted by Gasteiger charge is -2.28. The Hall–Kier alpha value is -2.62. The van der Waals surface area contributed by atoms with Crippen molar-refractivity contribution in [3.8, 4) is 0 Å². The molecule has 0 aliphatic heterocycles. The third-order valence-electron chi connectivity index (χ3n) is 4.90. The van der Waals surface area contributed by atoms with Crippen molar-refractivity contribution in [2.24, 2.45) is 11.3 Å². The van der Waals surface area contributed by atoms with E-state index in [1.165, 1.54) is 0 Å². The van der Waals surface area contributed by atoms with Gasteiger partial charge in [-0.05, 0) is 44.2 Å². The summed E-state index contributed by atoms with van der Waals surface area (Å²) in [5.41, 5.74) is 3.25. The fourth-order valence-corrected chi connectivity index (χ4v) is 3.35. The normalized spacial score (nSPS) is 13.0. The first-order valence-electron chi connectivity index (χ1n) is 10.1. The van der Waals surface area contributed by atoms with Crippen LogP contribution >= 0.6 is 0 Å². The molecule has 4 heteroatoms. The molecule has 156 valence electrons. The number of benzene rings is 2. The molecule has 2 aromatic rings. The Morgan fingerprint density at radius 1 is 0.828 bits per heavy atom. The Morgan fingerprint density at radius 2 is 1.28 bits per heavy atom. The molecule has 4 nitrogen and oxygen atoms in total. The van der Waals surface area contributed by atoms with E-state index in [1.54, 1.807) is 6.92 Å². The van der Waals surface area contributed by atoms with E-state index in [-0.39, 0.29) is 37.5 Å². The number of hydrogen-bond donors (Lipinski definition) is 0. The fourth-order valence-electron chi connectivity index (χ4n) is 3.35. The molecule has 2 aromatic carbocycles. The van der Waals surface area contributed by atoms with E-state index >= 15 is 0 Å². The minimum absolute atomic E-state index is 0.00374. The van der Waals surface area contributed by atoms with Gasteiger partial charge in [0, 0.05) is 0 Å². The predicted octanol–water partition coefficient (Wildman–Crippen LogP) is 5.53. The first-order chi connectivity index (χ1) is 13.7. The smallest absolute Gasteiger partial charge is 0.312 e. The third kappa shape index (κ3) is 7.37. The number of rotatable bonds is 9. The van der Waals surface area contributed by atoms with Gasteiger partial charge in [-0.25, -0.2) is 0 Å². The Labute approximate surface area is 174 Å². The highest BCUT2D eigenvalue weighted by molar-refractivity contribution is 5.83. The van der Waals surface area contributed by atoms with Crippen LogP contribution in [0.5, 0.6) is 0 Å². The van der Waals surface area contributed by atoms with E-state index < -0.39 is 5.41 Å². The number of ether oxygens (including phenoxy) is 2. The average molecular weight is 397 g/mol. The molecule has 0 N–H and O–H groups in total. The van der Waals surface area contributed by atoms with Gasteiger partial charge in [-0.3, -0.25) is 9.59 Å².